The van der Waals surface area contributed by atoms with Crippen molar-refractivity contribution < 1.29 is 24.2 Å². The first-order valence-corrected chi connectivity index (χ1v) is 11.4. The van der Waals surface area contributed by atoms with Crippen LogP contribution in [0.3, 0.4) is 0 Å². The van der Waals surface area contributed by atoms with Crippen LogP contribution in [0.4, 0.5) is 4.79 Å². The summed E-state index contributed by atoms with van der Waals surface area (Å²) in [5, 5.41) is 14.9. The van der Waals surface area contributed by atoms with Crippen LogP contribution in [0.15, 0.2) is 48.5 Å². The molecular weight excluding hydrogens is 420 g/mol. The fraction of sp³-hybridized carbons (Fsp3) is 0.423. The van der Waals surface area contributed by atoms with Gasteiger partial charge in [0, 0.05) is 12.5 Å². The summed E-state index contributed by atoms with van der Waals surface area (Å²) in [6, 6.07) is 15.4. The molecule has 0 spiro atoms. The molecule has 4 rings (SSSR count). The molecule has 1 fully saturated rings. The summed E-state index contributed by atoms with van der Waals surface area (Å²) >= 11 is 0. The predicted molar refractivity (Wildman–Crippen MR) is 124 cm³/mol. The molecule has 0 aliphatic heterocycles. The number of carboxylic acids is 1. The standard InChI is InChI=1S/C26H30N2O5/c1-16(2)22(23(29)27-15-26(24(30)31)12-7-13-26)28-25(32)33-14-21-19-10-5-3-8-17(19)18-9-4-6-11-20(18)21/h3-6,8-11,16,21-22H,7,12-15H2,1-2H3,(H,27,29)(H,28,32)(H,30,31)/t22-/m0/s1. The normalized spacial score (nSPS) is 16.8. The molecular formula is C26H30N2O5. The number of benzene rings is 2. The minimum Gasteiger partial charge on any atom is -0.481 e. The van der Waals surface area contributed by atoms with E-state index < -0.39 is 29.4 Å². The zero-order chi connectivity index (χ0) is 23.6. The Bertz CT molecular complexity index is 1010. The van der Waals surface area contributed by atoms with E-state index in [1.54, 1.807) is 0 Å². The predicted octanol–water partition coefficient (Wildman–Crippen LogP) is 3.92. The number of fused-ring (bicyclic) bond motifs is 3. The first kappa shape index (κ1) is 22.8. The summed E-state index contributed by atoms with van der Waals surface area (Å²) < 4.78 is 5.56. The summed E-state index contributed by atoms with van der Waals surface area (Å²) in [6.07, 6.45) is 1.28. The highest BCUT2D eigenvalue weighted by atomic mass is 16.5. The smallest absolute Gasteiger partial charge is 0.407 e. The molecule has 0 heterocycles. The molecule has 0 saturated heterocycles. The average molecular weight is 451 g/mol. The third-order valence-electron chi connectivity index (χ3n) is 6.93. The molecule has 1 saturated carbocycles. The lowest BCUT2D eigenvalue weighted by Crippen LogP contribution is -2.54. The Labute approximate surface area is 193 Å². The van der Waals surface area contributed by atoms with E-state index in [1.807, 2.05) is 50.2 Å². The number of carbonyl (C=O) groups excluding carboxylic acids is 2. The minimum absolute atomic E-state index is 0.0662. The highest BCUT2D eigenvalue weighted by Crippen LogP contribution is 2.44. The van der Waals surface area contributed by atoms with Crippen LogP contribution in [0.1, 0.15) is 50.2 Å². The monoisotopic (exact) mass is 450 g/mol. The lowest BCUT2D eigenvalue weighted by Gasteiger charge is -2.38. The number of carboxylic acid groups (broad SMARTS) is 1. The summed E-state index contributed by atoms with van der Waals surface area (Å²) in [5.41, 5.74) is 3.63. The molecule has 0 aromatic heterocycles. The number of rotatable bonds is 8. The van der Waals surface area contributed by atoms with Gasteiger partial charge in [0.15, 0.2) is 0 Å². The number of ether oxygens (including phenoxy) is 1. The molecule has 3 N–H and O–H groups in total. The van der Waals surface area contributed by atoms with Crippen molar-refractivity contribution in [2.45, 2.75) is 45.1 Å². The van der Waals surface area contributed by atoms with Gasteiger partial charge in [-0.25, -0.2) is 4.79 Å². The van der Waals surface area contributed by atoms with Gasteiger partial charge in [0.25, 0.3) is 0 Å². The van der Waals surface area contributed by atoms with Crippen molar-refractivity contribution in [1.82, 2.24) is 10.6 Å². The van der Waals surface area contributed by atoms with Crippen molar-refractivity contribution in [1.29, 1.82) is 0 Å². The molecule has 2 aliphatic rings. The summed E-state index contributed by atoms with van der Waals surface area (Å²) in [7, 11) is 0. The van der Waals surface area contributed by atoms with Gasteiger partial charge < -0.3 is 20.5 Å². The Morgan fingerprint density at radius 3 is 2.09 bits per heavy atom. The number of hydrogen-bond donors (Lipinski definition) is 3. The molecule has 33 heavy (non-hydrogen) atoms. The third kappa shape index (κ3) is 4.45. The van der Waals surface area contributed by atoms with E-state index in [0.29, 0.717) is 12.8 Å². The molecule has 1 atom stereocenters. The van der Waals surface area contributed by atoms with E-state index >= 15 is 0 Å². The van der Waals surface area contributed by atoms with Gasteiger partial charge in [-0.05, 0) is 41.0 Å². The molecule has 2 aromatic rings. The SMILES string of the molecule is CC(C)[C@H](NC(=O)OCC1c2ccccc2-c2ccccc21)C(=O)NCC1(C(=O)O)CCC1. The third-order valence-corrected chi connectivity index (χ3v) is 6.93. The molecule has 7 heteroatoms. The van der Waals surface area contributed by atoms with Crippen LogP contribution >= 0.6 is 0 Å². The molecule has 0 radical (unpaired) electrons. The van der Waals surface area contributed by atoms with E-state index in [4.69, 9.17) is 4.74 Å². The first-order valence-electron chi connectivity index (χ1n) is 11.4. The maximum atomic E-state index is 12.7. The van der Waals surface area contributed by atoms with Crippen molar-refractivity contribution >= 4 is 18.0 Å². The van der Waals surface area contributed by atoms with Crippen molar-refractivity contribution in [3.05, 3.63) is 59.7 Å². The zero-order valence-electron chi connectivity index (χ0n) is 19.0. The van der Waals surface area contributed by atoms with Crippen LogP contribution in [0.25, 0.3) is 11.1 Å². The second-order valence-corrected chi connectivity index (χ2v) is 9.35. The van der Waals surface area contributed by atoms with Gasteiger partial charge in [0.1, 0.15) is 12.6 Å². The van der Waals surface area contributed by atoms with Gasteiger partial charge in [-0.2, -0.15) is 0 Å². The van der Waals surface area contributed by atoms with Crippen LogP contribution in [-0.4, -0.2) is 42.3 Å². The number of amides is 2. The van der Waals surface area contributed by atoms with Crippen molar-refractivity contribution in [2.75, 3.05) is 13.2 Å². The van der Waals surface area contributed by atoms with Crippen LogP contribution in [-0.2, 0) is 14.3 Å². The van der Waals surface area contributed by atoms with Crippen molar-refractivity contribution in [3.8, 4) is 11.1 Å². The van der Waals surface area contributed by atoms with E-state index in [2.05, 4.69) is 22.8 Å². The molecule has 2 amide bonds. The zero-order valence-corrected chi connectivity index (χ0v) is 19.0. The van der Waals surface area contributed by atoms with E-state index in [9.17, 15) is 19.5 Å². The van der Waals surface area contributed by atoms with E-state index in [0.717, 1.165) is 28.7 Å². The highest BCUT2D eigenvalue weighted by Gasteiger charge is 2.45. The van der Waals surface area contributed by atoms with Gasteiger partial charge in [-0.1, -0.05) is 68.8 Å². The Kier molecular flexibility index (Phi) is 6.40. The Hall–Kier alpha value is -3.35. The summed E-state index contributed by atoms with van der Waals surface area (Å²) in [5.74, 6) is -1.54. The summed E-state index contributed by atoms with van der Waals surface area (Å²) in [6.45, 7) is 3.87. The number of alkyl carbamates (subject to hydrolysis) is 1. The lowest BCUT2D eigenvalue weighted by molar-refractivity contribution is -0.154. The van der Waals surface area contributed by atoms with Crippen LogP contribution in [0.2, 0.25) is 0 Å². The maximum absolute atomic E-state index is 12.7. The van der Waals surface area contributed by atoms with Crippen molar-refractivity contribution in [2.24, 2.45) is 11.3 Å². The molecule has 0 unspecified atom stereocenters. The van der Waals surface area contributed by atoms with Gasteiger partial charge in [0.2, 0.25) is 5.91 Å². The van der Waals surface area contributed by atoms with Crippen molar-refractivity contribution in [3.63, 3.8) is 0 Å². The number of nitrogens with one attached hydrogen (secondary N) is 2. The fourth-order valence-corrected chi connectivity index (χ4v) is 4.74. The van der Waals surface area contributed by atoms with Gasteiger partial charge in [-0.15, -0.1) is 0 Å². The Morgan fingerprint density at radius 2 is 1.61 bits per heavy atom. The summed E-state index contributed by atoms with van der Waals surface area (Å²) in [4.78, 5) is 36.9. The molecule has 174 valence electrons. The topological polar surface area (TPSA) is 105 Å². The second-order valence-electron chi connectivity index (χ2n) is 9.35. The van der Waals surface area contributed by atoms with Gasteiger partial charge >= 0.3 is 12.1 Å². The second kappa shape index (κ2) is 9.25. The number of carbonyl (C=O) groups is 3. The van der Waals surface area contributed by atoms with E-state index in [1.165, 1.54) is 0 Å². The largest absolute Gasteiger partial charge is 0.481 e. The maximum Gasteiger partial charge on any atom is 0.407 e. The molecule has 2 aromatic carbocycles. The molecule has 7 nitrogen and oxygen atoms in total. The highest BCUT2D eigenvalue weighted by molar-refractivity contribution is 5.87. The fourth-order valence-electron chi connectivity index (χ4n) is 4.74. The van der Waals surface area contributed by atoms with Crippen LogP contribution in [0.5, 0.6) is 0 Å². The molecule has 0 bridgehead atoms. The van der Waals surface area contributed by atoms with Gasteiger partial charge in [0.05, 0.1) is 5.41 Å². The average Bonchev–Trinajstić information content (AvgIpc) is 3.08. The first-order chi connectivity index (χ1) is 15.8. The lowest BCUT2D eigenvalue weighted by atomic mass is 9.69. The number of hydrogen-bond acceptors (Lipinski definition) is 4. The quantitative estimate of drug-likeness (QED) is 0.565. The van der Waals surface area contributed by atoms with E-state index in [-0.39, 0.29) is 25.0 Å². The van der Waals surface area contributed by atoms with Gasteiger partial charge in [-0.3, -0.25) is 9.59 Å². The molecule has 2 aliphatic carbocycles. The minimum atomic E-state index is -0.889. The van der Waals surface area contributed by atoms with Crippen LogP contribution < -0.4 is 10.6 Å². The van der Waals surface area contributed by atoms with Crippen LogP contribution in [0, 0.1) is 11.3 Å². The number of aliphatic carboxylic acids is 1. The Balaban J connectivity index is 1.37. The Morgan fingerprint density at radius 1 is 1.03 bits per heavy atom.